The van der Waals surface area contributed by atoms with Gasteiger partial charge in [-0.15, -0.1) is 0 Å². The number of nitrogens with one attached hydrogen (secondary N) is 1. The van der Waals surface area contributed by atoms with Crippen molar-refractivity contribution in [2.45, 2.75) is 25.6 Å². The quantitative estimate of drug-likeness (QED) is 0.867. The van der Waals surface area contributed by atoms with E-state index in [2.05, 4.69) is 5.32 Å². The van der Waals surface area contributed by atoms with Crippen LogP contribution in [0, 0.1) is 0 Å². The van der Waals surface area contributed by atoms with E-state index in [-0.39, 0.29) is 18.9 Å². The second-order valence-electron chi connectivity index (χ2n) is 4.02. The summed E-state index contributed by atoms with van der Waals surface area (Å²) in [5.41, 5.74) is -0.248. The molecule has 1 amide bonds. The van der Waals surface area contributed by atoms with Crippen molar-refractivity contribution in [1.29, 1.82) is 0 Å². The Kier molecular flexibility index (Phi) is 4.72. The standard InChI is InChI=1S/C12H14F3NO2/c1-8(17)7-16-11(18)6-9-2-4-10(5-3-9)12(13,14)15/h2-5,8,17H,6-7H2,1H3,(H,16,18)/t8-/m0/s1. The second kappa shape index (κ2) is 5.86. The van der Waals surface area contributed by atoms with Crippen LogP contribution in [0.5, 0.6) is 0 Å². The molecule has 0 radical (unpaired) electrons. The fourth-order valence-corrected chi connectivity index (χ4v) is 1.32. The van der Waals surface area contributed by atoms with Gasteiger partial charge >= 0.3 is 6.18 Å². The first-order chi connectivity index (χ1) is 8.29. The van der Waals surface area contributed by atoms with E-state index >= 15 is 0 Å². The second-order valence-corrected chi connectivity index (χ2v) is 4.02. The smallest absolute Gasteiger partial charge is 0.392 e. The van der Waals surface area contributed by atoms with Crippen molar-refractivity contribution < 1.29 is 23.1 Å². The Morgan fingerprint density at radius 2 is 1.89 bits per heavy atom. The Morgan fingerprint density at radius 3 is 2.33 bits per heavy atom. The first kappa shape index (κ1) is 14.5. The number of amides is 1. The topological polar surface area (TPSA) is 49.3 Å². The number of aliphatic hydroxyl groups is 1. The van der Waals surface area contributed by atoms with Gasteiger partial charge in [-0.05, 0) is 24.6 Å². The summed E-state index contributed by atoms with van der Waals surface area (Å²) in [6.45, 7) is 1.65. The van der Waals surface area contributed by atoms with Crippen LogP contribution in [0.15, 0.2) is 24.3 Å². The number of halogens is 3. The Labute approximate surface area is 103 Å². The van der Waals surface area contributed by atoms with Crippen molar-refractivity contribution in [3.05, 3.63) is 35.4 Å². The Hall–Kier alpha value is -1.56. The number of benzene rings is 1. The summed E-state index contributed by atoms with van der Waals surface area (Å²) in [6, 6.07) is 4.42. The van der Waals surface area contributed by atoms with Gasteiger partial charge in [0.2, 0.25) is 5.91 Å². The Bertz CT molecular complexity index is 399. The molecule has 1 aromatic carbocycles. The van der Waals surface area contributed by atoms with Crippen LogP contribution in [0.25, 0.3) is 0 Å². The van der Waals surface area contributed by atoms with Crippen LogP contribution in [-0.2, 0) is 17.4 Å². The van der Waals surface area contributed by atoms with E-state index in [4.69, 9.17) is 5.11 Å². The molecule has 0 bridgehead atoms. The third kappa shape index (κ3) is 4.75. The van der Waals surface area contributed by atoms with Crippen molar-refractivity contribution in [1.82, 2.24) is 5.32 Å². The highest BCUT2D eigenvalue weighted by atomic mass is 19.4. The summed E-state index contributed by atoms with van der Waals surface area (Å²) in [4.78, 5) is 11.4. The molecule has 0 aromatic heterocycles. The van der Waals surface area contributed by atoms with Crippen LogP contribution in [-0.4, -0.2) is 23.7 Å². The van der Waals surface area contributed by atoms with Gasteiger partial charge in [-0.1, -0.05) is 12.1 Å². The van der Waals surface area contributed by atoms with Crippen LogP contribution in [0.2, 0.25) is 0 Å². The summed E-state index contributed by atoms with van der Waals surface area (Å²) in [5.74, 6) is -0.337. The van der Waals surface area contributed by atoms with Crippen LogP contribution >= 0.6 is 0 Å². The number of rotatable bonds is 4. The zero-order valence-corrected chi connectivity index (χ0v) is 9.79. The van der Waals surface area contributed by atoms with Gasteiger partial charge in [0.25, 0.3) is 0 Å². The minimum Gasteiger partial charge on any atom is -0.392 e. The molecular formula is C12H14F3NO2. The monoisotopic (exact) mass is 261 g/mol. The maximum absolute atomic E-state index is 12.3. The van der Waals surface area contributed by atoms with Crippen molar-refractivity contribution in [3.63, 3.8) is 0 Å². The van der Waals surface area contributed by atoms with E-state index in [1.165, 1.54) is 19.1 Å². The summed E-state index contributed by atoms with van der Waals surface area (Å²) in [5, 5.41) is 11.4. The molecule has 0 aliphatic rings. The summed E-state index contributed by atoms with van der Waals surface area (Å²) >= 11 is 0. The lowest BCUT2D eigenvalue weighted by molar-refractivity contribution is -0.137. The zero-order chi connectivity index (χ0) is 13.8. The molecule has 3 nitrogen and oxygen atoms in total. The van der Waals surface area contributed by atoms with Crippen LogP contribution in [0.4, 0.5) is 13.2 Å². The molecule has 0 unspecified atom stereocenters. The molecule has 1 aromatic rings. The van der Waals surface area contributed by atoms with Gasteiger partial charge < -0.3 is 10.4 Å². The third-order valence-electron chi connectivity index (χ3n) is 2.24. The Balaban J connectivity index is 2.56. The highest BCUT2D eigenvalue weighted by Gasteiger charge is 2.29. The Morgan fingerprint density at radius 1 is 1.33 bits per heavy atom. The maximum Gasteiger partial charge on any atom is 0.416 e. The van der Waals surface area contributed by atoms with E-state index in [1.807, 2.05) is 0 Å². The van der Waals surface area contributed by atoms with Crippen molar-refractivity contribution >= 4 is 5.91 Å². The minimum absolute atomic E-state index is 0.00907. The number of hydrogen-bond acceptors (Lipinski definition) is 2. The number of carbonyl (C=O) groups excluding carboxylic acids is 1. The molecule has 0 aliphatic carbocycles. The molecule has 2 N–H and O–H groups in total. The normalized spacial score (nSPS) is 13.2. The molecule has 0 saturated carbocycles. The number of alkyl halides is 3. The SMILES string of the molecule is C[C@H](O)CNC(=O)Cc1ccc(C(F)(F)F)cc1. The lowest BCUT2D eigenvalue weighted by atomic mass is 10.1. The van der Waals surface area contributed by atoms with Gasteiger partial charge in [0.15, 0.2) is 0 Å². The number of carbonyl (C=O) groups is 1. The molecule has 18 heavy (non-hydrogen) atoms. The summed E-state index contributed by atoms with van der Waals surface area (Å²) in [7, 11) is 0. The van der Waals surface area contributed by atoms with Gasteiger partial charge in [0.05, 0.1) is 18.1 Å². The van der Waals surface area contributed by atoms with Crippen LogP contribution < -0.4 is 5.32 Å². The maximum atomic E-state index is 12.3. The van der Waals surface area contributed by atoms with E-state index in [0.29, 0.717) is 5.56 Å². The molecule has 1 rings (SSSR count). The van der Waals surface area contributed by atoms with E-state index in [1.54, 1.807) is 0 Å². The molecular weight excluding hydrogens is 247 g/mol. The third-order valence-corrected chi connectivity index (χ3v) is 2.24. The number of hydrogen-bond donors (Lipinski definition) is 2. The summed E-state index contributed by atoms with van der Waals surface area (Å²) in [6.07, 6.45) is -5.03. The zero-order valence-electron chi connectivity index (χ0n) is 9.79. The molecule has 0 aliphatic heterocycles. The molecule has 0 heterocycles. The van der Waals surface area contributed by atoms with Crippen molar-refractivity contribution in [3.8, 4) is 0 Å². The highest BCUT2D eigenvalue weighted by Crippen LogP contribution is 2.29. The van der Waals surface area contributed by atoms with Crippen molar-refractivity contribution in [2.75, 3.05) is 6.54 Å². The van der Waals surface area contributed by atoms with Crippen LogP contribution in [0.3, 0.4) is 0 Å². The fraction of sp³-hybridized carbons (Fsp3) is 0.417. The lowest BCUT2D eigenvalue weighted by Crippen LogP contribution is -2.31. The highest BCUT2D eigenvalue weighted by molar-refractivity contribution is 5.78. The van der Waals surface area contributed by atoms with E-state index < -0.39 is 17.8 Å². The lowest BCUT2D eigenvalue weighted by Gasteiger charge is -2.09. The van der Waals surface area contributed by atoms with Gasteiger partial charge in [-0.3, -0.25) is 4.79 Å². The van der Waals surface area contributed by atoms with Gasteiger partial charge in [-0.25, -0.2) is 0 Å². The molecule has 1 atom stereocenters. The minimum atomic E-state index is -4.37. The van der Waals surface area contributed by atoms with E-state index in [9.17, 15) is 18.0 Å². The molecule has 100 valence electrons. The first-order valence-corrected chi connectivity index (χ1v) is 5.40. The largest absolute Gasteiger partial charge is 0.416 e. The molecule has 0 fully saturated rings. The average molecular weight is 261 g/mol. The predicted octanol–water partition coefficient (Wildman–Crippen LogP) is 1.74. The van der Waals surface area contributed by atoms with Gasteiger partial charge in [-0.2, -0.15) is 13.2 Å². The molecule has 0 spiro atoms. The predicted molar refractivity (Wildman–Crippen MR) is 59.8 cm³/mol. The number of aliphatic hydroxyl groups excluding tert-OH is 1. The fourth-order valence-electron chi connectivity index (χ4n) is 1.32. The summed E-state index contributed by atoms with van der Waals surface area (Å²) < 4.78 is 36.9. The molecule has 6 heteroatoms. The van der Waals surface area contributed by atoms with Gasteiger partial charge in [0.1, 0.15) is 0 Å². The van der Waals surface area contributed by atoms with Gasteiger partial charge in [0, 0.05) is 6.54 Å². The van der Waals surface area contributed by atoms with Crippen LogP contribution in [0.1, 0.15) is 18.1 Å². The van der Waals surface area contributed by atoms with Crippen molar-refractivity contribution in [2.24, 2.45) is 0 Å². The first-order valence-electron chi connectivity index (χ1n) is 5.40. The average Bonchev–Trinajstić information content (AvgIpc) is 2.26. The van der Waals surface area contributed by atoms with E-state index in [0.717, 1.165) is 12.1 Å². The molecule has 0 saturated heterocycles.